The summed E-state index contributed by atoms with van der Waals surface area (Å²) in [5.74, 6) is 0.127. The molecule has 0 saturated heterocycles. The molecule has 0 bridgehead atoms. The van der Waals surface area contributed by atoms with Gasteiger partial charge in [0, 0.05) is 10.6 Å². The van der Waals surface area contributed by atoms with Crippen LogP contribution in [0.1, 0.15) is 28.5 Å². The molecule has 38 heavy (non-hydrogen) atoms. The minimum atomic E-state index is -0.571. The number of carbonyl (C=O) groups excluding carboxylic acids is 1. The first-order valence-electron chi connectivity index (χ1n) is 11.4. The van der Waals surface area contributed by atoms with Crippen LogP contribution >= 0.6 is 11.6 Å². The molecule has 0 unspecified atom stereocenters. The van der Waals surface area contributed by atoms with Gasteiger partial charge >= 0.3 is 0 Å². The first-order chi connectivity index (χ1) is 18.5. The molecule has 2 heterocycles. The first-order valence-corrected chi connectivity index (χ1v) is 11.8. The van der Waals surface area contributed by atoms with Crippen molar-refractivity contribution in [3.05, 3.63) is 101 Å². The lowest BCUT2D eigenvalue weighted by Gasteiger charge is -2.08. The topological polar surface area (TPSA) is 146 Å². The van der Waals surface area contributed by atoms with E-state index >= 15 is 0 Å². The standard InChI is InChI=1S/C26H21ClN8O3/c1-16(18-9-13-21(14-10-18)37-15-17-7-11-20(27)12-8-17)29-31-26(36)23-22(19-5-3-2-4-6-19)30-34-35(23)25-24(28)32-38-33-25/h2-14H,15H2,1H3,(H2,28,32)(H,31,36)/b29-16-. The maximum Gasteiger partial charge on any atom is 0.292 e. The van der Waals surface area contributed by atoms with E-state index in [2.05, 4.69) is 35.8 Å². The summed E-state index contributed by atoms with van der Waals surface area (Å²) in [6.07, 6.45) is 0. The fraction of sp³-hybridized carbons (Fsp3) is 0.0769. The Morgan fingerprint density at radius 3 is 2.47 bits per heavy atom. The van der Waals surface area contributed by atoms with Crippen LogP contribution in [-0.4, -0.2) is 36.9 Å². The predicted octanol–water partition coefficient (Wildman–Crippen LogP) is 4.29. The van der Waals surface area contributed by atoms with Crippen LogP contribution in [0.25, 0.3) is 17.1 Å². The highest BCUT2D eigenvalue weighted by Gasteiger charge is 2.26. The van der Waals surface area contributed by atoms with Crippen LogP contribution in [0.15, 0.2) is 88.6 Å². The molecule has 0 aliphatic carbocycles. The Morgan fingerprint density at radius 1 is 1.05 bits per heavy atom. The number of nitrogen functional groups attached to an aromatic ring is 1. The molecule has 0 spiro atoms. The lowest BCUT2D eigenvalue weighted by Crippen LogP contribution is -2.23. The van der Waals surface area contributed by atoms with Gasteiger partial charge in [-0.3, -0.25) is 4.79 Å². The summed E-state index contributed by atoms with van der Waals surface area (Å²) >= 11 is 5.92. The number of aromatic nitrogens is 5. The van der Waals surface area contributed by atoms with Gasteiger partial charge in [0.25, 0.3) is 5.91 Å². The minimum absolute atomic E-state index is 0.0402. The van der Waals surface area contributed by atoms with Gasteiger partial charge in [0.2, 0.25) is 11.6 Å². The third kappa shape index (κ3) is 5.37. The molecule has 12 heteroatoms. The van der Waals surface area contributed by atoms with Gasteiger partial charge < -0.3 is 10.5 Å². The number of nitrogens with two attached hydrogens (primary N) is 1. The number of hydrazone groups is 1. The number of anilines is 1. The average Bonchev–Trinajstić information content (AvgIpc) is 3.58. The maximum atomic E-state index is 13.3. The highest BCUT2D eigenvalue weighted by atomic mass is 35.5. The van der Waals surface area contributed by atoms with Gasteiger partial charge in [-0.25, -0.2) is 10.1 Å². The van der Waals surface area contributed by atoms with Crippen LogP contribution in [0.4, 0.5) is 5.82 Å². The summed E-state index contributed by atoms with van der Waals surface area (Å²) in [4.78, 5) is 13.3. The molecule has 0 aliphatic rings. The van der Waals surface area contributed by atoms with E-state index in [0.29, 0.717) is 34.3 Å². The Balaban J connectivity index is 1.33. The Labute approximate surface area is 221 Å². The average molecular weight is 529 g/mol. The second kappa shape index (κ2) is 10.9. The van der Waals surface area contributed by atoms with Gasteiger partial charge in [0.15, 0.2) is 5.69 Å². The molecule has 0 aliphatic heterocycles. The van der Waals surface area contributed by atoms with E-state index in [1.54, 1.807) is 19.1 Å². The van der Waals surface area contributed by atoms with Crippen LogP contribution in [0.5, 0.6) is 5.75 Å². The maximum absolute atomic E-state index is 13.3. The van der Waals surface area contributed by atoms with Crippen LogP contribution in [0.2, 0.25) is 5.02 Å². The Bertz CT molecular complexity index is 1580. The van der Waals surface area contributed by atoms with Crippen molar-refractivity contribution >= 4 is 29.0 Å². The van der Waals surface area contributed by atoms with Crippen LogP contribution < -0.4 is 15.9 Å². The van der Waals surface area contributed by atoms with Crippen LogP contribution in [0, 0.1) is 0 Å². The van der Waals surface area contributed by atoms with E-state index in [9.17, 15) is 4.79 Å². The molecular weight excluding hydrogens is 508 g/mol. The van der Waals surface area contributed by atoms with E-state index in [4.69, 9.17) is 22.1 Å². The predicted molar refractivity (Wildman–Crippen MR) is 141 cm³/mol. The summed E-state index contributed by atoms with van der Waals surface area (Å²) in [5, 5.41) is 20.5. The van der Waals surface area contributed by atoms with Gasteiger partial charge in [0.05, 0.1) is 5.71 Å². The second-order valence-electron chi connectivity index (χ2n) is 8.12. The Hall–Kier alpha value is -5.03. The minimum Gasteiger partial charge on any atom is -0.489 e. The molecular formula is C26H21ClN8O3. The lowest BCUT2D eigenvalue weighted by molar-refractivity contribution is 0.0947. The van der Waals surface area contributed by atoms with Gasteiger partial charge in [-0.05, 0) is 64.8 Å². The van der Waals surface area contributed by atoms with Crippen LogP contribution in [-0.2, 0) is 6.61 Å². The van der Waals surface area contributed by atoms with Crippen molar-refractivity contribution < 1.29 is 14.2 Å². The number of carbonyl (C=O) groups is 1. The SMILES string of the molecule is C/C(=N/NC(=O)c1c(-c2ccccc2)nnn1-c1nonc1N)c1ccc(OCc2ccc(Cl)cc2)cc1. The summed E-state index contributed by atoms with van der Waals surface area (Å²) in [6, 6.07) is 24.0. The van der Waals surface area contributed by atoms with Crippen molar-refractivity contribution in [2.24, 2.45) is 5.10 Å². The summed E-state index contributed by atoms with van der Waals surface area (Å²) < 4.78 is 11.7. The van der Waals surface area contributed by atoms with E-state index in [-0.39, 0.29) is 17.3 Å². The molecule has 5 aromatic rings. The Morgan fingerprint density at radius 2 is 1.79 bits per heavy atom. The highest BCUT2D eigenvalue weighted by molar-refractivity contribution is 6.30. The summed E-state index contributed by atoms with van der Waals surface area (Å²) in [6.45, 7) is 2.19. The molecule has 3 N–H and O–H groups in total. The van der Waals surface area contributed by atoms with Gasteiger partial charge in [-0.2, -0.15) is 9.78 Å². The monoisotopic (exact) mass is 528 g/mol. The molecule has 0 radical (unpaired) electrons. The zero-order valence-electron chi connectivity index (χ0n) is 20.1. The number of hydrogen-bond acceptors (Lipinski definition) is 9. The second-order valence-corrected chi connectivity index (χ2v) is 8.55. The number of ether oxygens (including phenoxy) is 1. The zero-order valence-corrected chi connectivity index (χ0v) is 20.8. The molecule has 1 amide bonds. The molecule has 3 aromatic carbocycles. The number of amides is 1. The van der Waals surface area contributed by atoms with Crippen molar-refractivity contribution in [2.75, 3.05) is 5.73 Å². The number of benzene rings is 3. The lowest BCUT2D eigenvalue weighted by atomic mass is 10.1. The van der Waals surface area contributed by atoms with Crippen molar-refractivity contribution in [1.29, 1.82) is 0 Å². The highest BCUT2D eigenvalue weighted by Crippen LogP contribution is 2.24. The quantitative estimate of drug-likeness (QED) is 0.224. The van der Waals surface area contributed by atoms with E-state index in [1.165, 1.54) is 4.68 Å². The molecule has 0 atom stereocenters. The number of halogens is 1. The number of nitrogens with one attached hydrogen (secondary N) is 1. The molecule has 0 fully saturated rings. The van der Waals surface area contributed by atoms with Crippen molar-refractivity contribution in [3.63, 3.8) is 0 Å². The van der Waals surface area contributed by atoms with Gasteiger partial charge in [0.1, 0.15) is 18.1 Å². The van der Waals surface area contributed by atoms with Crippen molar-refractivity contribution in [3.8, 4) is 22.8 Å². The normalized spacial score (nSPS) is 11.4. The number of nitrogens with zero attached hydrogens (tertiary/aromatic N) is 6. The summed E-state index contributed by atoms with van der Waals surface area (Å²) in [5.41, 5.74) is 11.8. The zero-order chi connectivity index (χ0) is 26.5. The first kappa shape index (κ1) is 24.7. The van der Waals surface area contributed by atoms with Gasteiger partial charge in [-0.1, -0.05) is 59.3 Å². The number of rotatable bonds is 8. The Kier molecular flexibility index (Phi) is 7.09. The smallest absolute Gasteiger partial charge is 0.292 e. The third-order valence-corrected chi connectivity index (χ3v) is 5.80. The third-order valence-electron chi connectivity index (χ3n) is 5.54. The van der Waals surface area contributed by atoms with Crippen LogP contribution in [0.3, 0.4) is 0 Å². The van der Waals surface area contributed by atoms with E-state index in [1.807, 2.05) is 66.7 Å². The number of hydrogen-bond donors (Lipinski definition) is 2. The molecule has 11 nitrogen and oxygen atoms in total. The van der Waals surface area contributed by atoms with Crippen molar-refractivity contribution in [2.45, 2.75) is 13.5 Å². The molecule has 0 saturated carbocycles. The molecule has 190 valence electrons. The summed E-state index contributed by atoms with van der Waals surface area (Å²) in [7, 11) is 0. The largest absolute Gasteiger partial charge is 0.489 e. The van der Waals surface area contributed by atoms with Crippen molar-refractivity contribution in [1.82, 2.24) is 30.7 Å². The van der Waals surface area contributed by atoms with E-state index in [0.717, 1.165) is 11.1 Å². The fourth-order valence-corrected chi connectivity index (χ4v) is 3.68. The molecule has 2 aromatic heterocycles. The molecule has 5 rings (SSSR count). The fourth-order valence-electron chi connectivity index (χ4n) is 3.55. The van der Waals surface area contributed by atoms with E-state index < -0.39 is 5.91 Å². The van der Waals surface area contributed by atoms with Gasteiger partial charge in [-0.15, -0.1) is 5.10 Å².